The molecule has 36 heavy (non-hydrogen) atoms. The average molecular weight is 490 g/mol. The molecule has 4 heterocycles. The van der Waals surface area contributed by atoms with Crippen LogP contribution in [0.2, 0.25) is 0 Å². The van der Waals surface area contributed by atoms with Gasteiger partial charge in [-0.05, 0) is 51.4 Å². The summed E-state index contributed by atoms with van der Waals surface area (Å²) < 4.78 is 7.81. The number of anilines is 2. The lowest BCUT2D eigenvalue weighted by Gasteiger charge is -2.40. The minimum Gasteiger partial charge on any atom is -0.372 e. The lowest BCUT2D eigenvalue weighted by Crippen LogP contribution is -2.55. The zero-order valence-corrected chi connectivity index (χ0v) is 21.6. The van der Waals surface area contributed by atoms with E-state index < -0.39 is 0 Å². The molecule has 5 rings (SSSR count). The number of fused-ring (bicyclic) bond motifs is 1. The highest BCUT2D eigenvalue weighted by Crippen LogP contribution is 2.25. The van der Waals surface area contributed by atoms with Crippen LogP contribution in [0.1, 0.15) is 37.1 Å². The minimum atomic E-state index is 0.183. The number of likely N-dealkylation sites (N-methyl/N-ethyl adjacent to an activating group) is 1. The molecule has 2 aromatic heterocycles. The predicted molar refractivity (Wildman–Crippen MR) is 139 cm³/mol. The van der Waals surface area contributed by atoms with Crippen LogP contribution in [0.25, 0.3) is 11.3 Å². The van der Waals surface area contributed by atoms with Crippen molar-refractivity contribution >= 4 is 17.5 Å². The molecule has 1 fully saturated rings. The molecule has 2 aliphatic rings. The molecule has 0 bridgehead atoms. The van der Waals surface area contributed by atoms with E-state index >= 15 is 0 Å². The number of carbonyl (C=O) groups is 1. The topological polar surface area (TPSA) is 88.4 Å². The number of likely N-dealkylation sites (tertiary alicyclic amines) is 1. The second kappa shape index (κ2) is 10.4. The zero-order chi connectivity index (χ0) is 25.2. The molecule has 0 atom stereocenters. The van der Waals surface area contributed by atoms with E-state index in [1.54, 1.807) is 6.33 Å². The van der Waals surface area contributed by atoms with Gasteiger partial charge in [0.05, 0.1) is 30.1 Å². The van der Waals surface area contributed by atoms with Gasteiger partial charge in [-0.1, -0.05) is 12.1 Å². The van der Waals surface area contributed by atoms with Gasteiger partial charge in [-0.15, -0.1) is 0 Å². The third kappa shape index (κ3) is 5.57. The highest BCUT2D eigenvalue weighted by Gasteiger charge is 2.31. The Balaban J connectivity index is 1.19. The highest BCUT2D eigenvalue weighted by molar-refractivity contribution is 5.77. The molecule has 1 amide bonds. The average Bonchev–Trinajstić information content (AvgIpc) is 3.21. The van der Waals surface area contributed by atoms with Crippen LogP contribution in [0, 0.1) is 6.92 Å². The summed E-state index contributed by atoms with van der Waals surface area (Å²) in [5.74, 6) is 1.71. The first kappa shape index (κ1) is 24.4. The van der Waals surface area contributed by atoms with Crippen LogP contribution in [-0.4, -0.2) is 74.3 Å². The van der Waals surface area contributed by atoms with Gasteiger partial charge in [-0.2, -0.15) is 5.10 Å². The lowest BCUT2D eigenvalue weighted by molar-refractivity contribution is -0.148. The van der Waals surface area contributed by atoms with Crippen molar-refractivity contribution in [2.45, 2.75) is 58.9 Å². The van der Waals surface area contributed by atoms with Gasteiger partial charge in [0.15, 0.2) is 5.82 Å². The molecule has 1 N–H and O–H groups in total. The Labute approximate surface area is 212 Å². The van der Waals surface area contributed by atoms with E-state index in [0.29, 0.717) is 25.3 Å². The van der Waals surface area contributed by atoms with Crippen molar-refractivity contribution in [3.8, 4) is 11.3 Å². The van der Waals surface area contributed by atoms with E-state index in [9.17, 15) is 4.79 Å². The Morgan fingerprint density at radius 1 is 1.14 bits per heavy atom. The number of hydrogen-bond acceptors (Lipinski definition) is 7. The third-order valence-corrected chi connectivity index (χ3v) is 6.82. The molecule has 0 aliphatic carbocycles. The summed E-state index contributed by atoms with van der Waals surface area (Å²) in [5, 5.41) is 7.99. The summed E-state index contributed by atoms with van der Waals surface area (Å²) >= 11 is 0. The number of nitrogens with one attached hydrogen (secondary N) is 1. The van der Waals surface area contributed by atoms with Crippen molar-refractivity contribution in [3.63, 3.8) is 0 Å². The molecule has 9 nitrogen and oxygen atoms in total. The Morgan fingerprint density at radius 2 is 1.97 bits per heavy atom. The highest BCUT2D eigenvalue weighted by atomic mass is 16.5. The van der Waals surface area contributed by atoms with Crippen LogP contribution in [-0.2, 0) is 29.0 Å². The van der Waals surface area contributed by atoms with Crippen LogP contribution in [0.3, 0.4) is 0 Å². The molecule has 1 aromatic carbocycles. The number of rotatable bonds is 8. The summed E-state index contributed by atoms with van der Waals surface area (Å²) in [6.45, 7) is 10.3. The monoisotopic (exact) mass is 489 g/mol. The smallest absolute Gasteiger partial charge is 0.223 e. The second-order valence-corrected chi connectivity index (χ2v) is 10.1. The fourth-order valence-electron chi connectivity index (χ4n) is 4.82. The van der Waals surface area contributed by atoms with Gasteiger partial charge in [0, 0.05) is 50.3 Å². The molecule has 9 heteroatoms. The van der Waals surface area contributed by atoms with E-state index in [2.05, 4.69) is 68.2 Å². The molecule has 1 saturated heterocycles. The molecular weight excluding hydrogens is 454 g/mol. The van der Waals surface area contributed by atoms with Crippen molar-refractivity contribution in [2.75, 3.05) is 32.0 Å². The summed E-state index contributed by atoms with van der Waals surface area (Å²) in [6, 6.07) is 10.3. The largest absolute Gasteiger partial charge is 0.372 e. The number of aryl methyl sites for hydroxylation is 2. The van der Waals surface area contributed by atoms with Gasteiger partial charge in [-0.3, -0.25) is 14.4 Å². The Morgan fingerprint density at radius 3 is 2.75 bits per heavy atom. The number of benzene rings is 1. The van der Waals surface area contributed by atoms with Crippen LogP contribution in [0.4, 0.5) is 11.6 Å². The van der Waals surface area contributed by atoms with E-state index in [0.717, 1.165) is 48.7 Å². The quantitative estimate of drug-likeness (QED) is 0.519. The van der Waals surface area contributed by atoms with E-state index in [1.807, 2.05) is 24.8 Å². The summed E-state index contributed by atoms with van der Waals surface area (Å²) in [4.78, 5) is 25.6. The van der Waals surface area contributed by atoms with Gasteiger partial charge < -0.3 is 15.0 Å². The minimum absolute atomic E-state index is 0.183. The third-order valence-electron chi connectivity index (χ3n) is 6.82. The number of hydrogen-bond donors (Lipinski definition) is 1. The predicted octanol–water partition coefficient (Wildman–Crippen LogP) is 3.41. The van der Waals surface area contributed by atoms with E-state index in [-0.39, 0.29) is 18.1 Å². The number of carbonyl (C=O) groups excluding carboxylic acids is 1. The van der Waals surface area contributed by atoms with Gasteiger partial charge in [-0.25, -0.2) is 9.97 Å². The SMILES string of the molecule is Cc1cc(-c2cc(Nc3cc4n(n3)CCN(C)C4)ncn2)ccc1CCC(=O)N1CC(OC(C)C)C1. The van der Waals surface area contributed by atoms with Gasteiger partial charge in [0.1, 0.15) is 12.1 Å². The molecule has 0 saturated carbocycles. The van der Waals surface area contributed by atoms with Crippen LogP contribution >= 0.6 is 0 Å². The Hall–Kier alpha value is -3.30. The van der Waals surface area contributed by atoms with Crippen LogP contribution < -0.4 is 5.32 Å². The first-order chi connectivity index (χ1) is 17.3. The molecule has 0 spiro atoms. The Bertz CT molecular complexity index is 1230. The maximum Gasteiger partial charge on any atom is 0.223 e. The van der Waals surface area contributed by atoms with Crippen LogP contribution in [0.15, 0.2) is 36.7 Å². The normalized spacial score (nSPS) is 16.2. The molecular formula is C27H35N7O2. The maximum atomic E-state index is 12.5. The second-order valence-electron chi connectivity index (χ2n) is 10.1. The number of ether oxygens (including phenoxy) is 1. The molecule has 0 unspecified atom stereocenters. The summed E-state index contributed by atoms with van der Waals surface area (Å²) in [6.07, 6.45) is 3.21. The number of amides is 1. The zero-order valence-electron chi connectivity index (χ0n) is 21.6. The lowest BCUT2D eigenvalue weighted by atomic mass is 9.99. The first-order valence-corrected chi connectivity index (χ1v) is 12.7. The Kier molecular flexibility index (Phi) is 7.02. The maximum absolute atomic E-state index is 12.5. The van der Waals surface area contributed by atoms with Crippen molar-refractivity contribution in [2.24, 2.45) is 0 Å². The fraction of sp³-hybridized carbons (Fsp3) is 0.481. The number of nitrogens with zero attached hydrogens (tertiary/aromatic N) is 6. The van der Waals surface area contributed by atoms with Crippen molar-refractivity contribution in [1.29, 1.82) is 0 Å². The summed E-state index contributed by atoms with van der Waals surface area (Å²) in [7, 11) is 2.12. The van der Waals surface area contributed by atoms with Crippen molar-refractivity contribution in [3.05, 3.63) is 53.5 Å². The standard InChI is InChI=1S/C27H35N7O2/c1-18(2)36-23-15-33(16-23)27(35)8-7-20-5-6-21(11-19(20)3)24-13-25(29-17-28-24)30-26-12-22-14-32(4)9-10-34(22)31-26/h5-6,11-13,17-18,23H,7-10,14-16H2,1-4H3,(H,28,29,30,31). The van der Waals surface area contributed by atoms with Crippen LogP contribution in [0.5, 0.6) is 0 Å². The van der Waals surface area contributed by atoms with E-state index in [1.165, 1.54) is 11.3 Å². The van der Waals surface area contributed by atoms with Gasteiger partial charge >= 0.3 is 0 Å². The first-order valence-electron chi connectivity index (χ1n) is 12.7. The fourth-order valence-corrected chi connectivity index (χ4v) is 4.82. The molecule has 3 aromatic rings. The molecule has 0 radical (unpaired) electrons. The van der Waals surface area contributed by atoms with Crippen molar-refractivity contribution in [1.82, 2.24) is 29.5 Å². The summed E-state index contributed by atoms with van der Waals surface area (Å²) in [5.41, 5.74) is 5.41. The van der Waals surface area contributed by atoms with Gasteiger partial charge in [0.2, 0.25) is 5.91 Å². The molecule has 2 aliphatic heterocycles. The van der Waals surface area contributed by atoms with E-state index in [4.69, 9.17) is 4.74 Å². The van der Waals surface area contributed by atoms with Gasteiger partial charge in [0.25, 0.3) is 0 Å². The number of aromatic nitrogens is 4. The van der Waals surface area contributed by atoms with Crippen molar-refractivity contribution < 1.29 is 9.53 Å². The molecule has 190 valence electrons.